The van der Waals surface area contributed by atoms with Crippen molar-refractivity contribution in [1.82, 2.24) is 13.9 Å². The fourth-order valence-electron chi connectivity index (χ4n) is 2.61. The molecule has 2 heterocycles. The summed E-state index contributed by atoms with van der Waals surface area (Å²) in [6.07, 6.45) is 1.20. The number of nitrogens with zero attached hydrogens (tertiary/aromatic N) is 3. The summed E-state index contributed by atoms with van der Waals surface area (Å²) in [7, 11) is -2.43. The molecule has 10 heteroatoms. The average molecular weight is 414 g/mol. The molecule has 28 heavy (non-hydrogen) atoms. The molecule has 0 bridgehead atoms. The fourth-order valence-corrected chi connectivity index (χ4v) is 4.60. The van der Waals surface area contributed by atoms with Gasteiger partial charge < -0.3 is 4.74 Å². The van der Waals surface area contributed by atoms with E-state index in [0.29, 0.717) is 11.1 Å². The quantitative estimate of drug-likeness (QED) is 0.539. The molecule has 0 aliphatic rings. The molecule has 2 aromatic heterocycles. The normalized spacial score (nSPS) is 11.5. The molecule has 0 aliphatic carbocycles. The summed E-state index contributed by atoms with van der Waals surface area (Å²) in [4.78, 5) is 20.3. The largest absolute Gasteiger partial charge is 0.481 e. The van der Waals surface area contributed by atoms with Gasteiger partial charge in [-0.1, -0.05) is 23.7 Å². The third-order valence-corrected chi connectivity index (χ3v) is 6.45. The predicted molar refractivity (Wildman–Crippen MR) is 107 cm³/mol. The van der Waals surface area contributed by atoms with Gasteiger partial charge >= 0.3 is 0 Å². The van der Waals surface area contributed by atoms with Crippen molar-refractivity contribution in [3.8, 4) is 11.6 Å². The number of anilines is 1. The number of aromatic nitrogens is 3. The zero-order valence-corrected chi connectivity index (χ0v) is 16.2. The van der Waals surface area contributed by atoms with Crippen molar-refractivity contribution in [2.24, 2.45) is 0 Å². The summed E-state index contributed by atoms with van der Waals surface area (Å²) in [5, 5.41) is 0.628. The molecule has 8 nitrogen and oxygen atoms in total. The number of rotatable bonds is 5. The first-order chi connectivity index (χ1) is 13.5. The van der Waals surface area contributed by atoms with Gasteiger partial charge in [0.1, 0.15) is 12.1 Å². The molecule has 0 radical (unpaired) electrons. The summed E-state index contributed by atoms with van der Waals surface area (Å²) < 4.78 is 34.9. The van der Waals surface area contributed by atoms with Crippen molar-refractivity contribution in [3.05, 3.63) is 71.3 Å². The highest BCUT2D eigenvalue weighted by Crippen LogP contribution is 2.22. The predicted octanol–water partition coefficient (Wildman–Crippen LogP) is 2.65. The topological polar surface area (TPSA) is 103 Å². The molecular formula is C18H14N4O4S2. The van der Waals surface area contributed by atoms with Gasteiger partial charge in [-0.3, -0.25) is 9.52 Å². The zero-order valence-electron chi connectivity index (χ0n) is 14.6. The van der Waals surface area contributed by atoms with Crippen LogP contribution >= 0.6 is 11.5 Å². The van der Waals surface area contributed by atoms with Crippen LogP contribution in [0.15, 0.2) is 70.6 Å². The Kier molecular flexibility index (Phi) is 4.57. The van der Waals surface area contributed by atoms with Crippen LogP contribution in [0.5, 0.6) is 5.88 Å². The van der Waals surface area contributed by atoms with Crippen LogP contribution in [0, 0.1) is 0 Å². The van der Waals surface area contributed by atoms with E-state index in [1.807, 2.05) is 18.2 Å². The van der Waals surface area contributed by atoms with E-state index in [9.17, 15) is 13.2 Å². The summed E-state index contributed by atoms with van der Waals surface area (Å²) in [5.74, 6) is 0.337. The van der Waals surface area contributed by atoms with Crippen molar-refractivity contribution in [2.45, 2.75) is 4.90 Å². The number of fused-ring (bicyclic) bond motifs is 1. The lowest BCUT2D eigenvalue weighted by molar-refractivity contribution is 0.397. The van der Waals surface area contributed by atoms with E-state index < -0.39 is 10.0 Å². The molecule has 4 aromatic rings. The summed E-state index contributed by atoms with van der Waals surface area (Å²) in [6.45, 7) is 0. The number of hydrogen-bond acceptors (Lipinski definition) is 7. The number of benzene rings is 2. The SMILES string of the molecule is COc1cc(NS(=O)(=O)c2ccc(-n3sc4ccccc4c3=O)cc2)ncn1. The molecular weight excluding hydrogens is 400 g/mol. The minimum Gasteiger partial charge on any atom is -0.481 e. The van der Waals surface area contributed by atoms with Crippen molar-refractivity contribution in [1.29, 1.82) is 0 Å². The third kappa shape index (κ3) is 3.35. The van der Waals surface area contributed by atoms with E-state index >= 15 is 0 Å². The van der Waals surface area contributed by atoms with E-state index in [1.165, 1.54) is 47.1 Å². The van der Waals surface area contributed by atoms with Gasteiger partial charge in [0, 0.05) is 6.07 Å². The first kappa shape index (κ1) is 18.1. The van der Waals surface area contributed by atoms with Crippen LogP contribution in [-0.4, -0.2) is 29.5 Å². The number of nitrogens with one attached hydrogen (secondary N) is 1. The molecule has 0 aliphatic heterocycles. The van der Waals surface area contributed by atoms with Crippen molar-refractivity contribution in [3.63, 3.8) is 0 Å². The number of sulfonamides is 1. The minimum atomic E-state index is -3.85. The first-order valence-corrected chi connectivity index (χ1v) is 10.3. The fraction of sp³-hybridized carbons (Fsp3) is 0.0556. The van der Waals surface area contributed by atoms with Crippen LogP contribution < -0.4 is 15.0 Å². The van der Waals surface area contributed by atoms with E-state index in [2.05, 4.69) is 14.7 Å². The zero-order chi connectivity index (χ0) is 19.7. The Morgan fingerprint density at radius 2 is 1.82 bits per heavy atom. The van der Waals surface area contributed by atoms with Crippen LogP contribution in [0.4, 0.5) is 5.82 Å². The van der Waals surface area contributed by atoms with E-state index in [4.69, 9.17) is 4.74 Å². The van der Waals surface area contributed by atoms with Gasteiger partial charge in [-0.15, -0.1) is 0 Å². The molecule has 4 rings (SSSR count). The van der Waals surface area contributed by atoms with Gasteiger partial charge in [0.15, 0.2) is 0 Å². The maximum atomic E-state index is 12.6. The third-order valence-electron chi connectivity index (χ3n) is 3.96. The molecule has 0 spiro atoms. The highest BCUT2D eigenvalue weighted by molar-refractivity contribution is 7.92. The lowest BCUT2D eigenvalue weighted by atomic mass is 10.3. The van der Waals surface area contributed by atoms with Crippen LogP contribution in [-0.2, 0) is 10.0 Å². The number of methoxy groups -OCH3 is 1. The molecule has 142 valence electrons. The van der Waals surface area contributed by atoms with Gasteiger partial charge in [0.2, 0.25) is 5.88 Å². The standard InChI is InChI=1S/C18H14N4O4S2/c1-26-17-10-16(19-11-20-17)21-28(24,25)13-8-6-12(7-9-13)22-18(23)14-4-2-3-5-15(14)27-22/h2-11H,1H3,(H,19,20,21). The van der Waals surface area contributed by atoms with Gasteiger partial charge in [0.05, 0.1) is 27.8 Å². The second-order valence-corrected chi connectivity index (χ2v) is 8.40. The van der Waals surface area contributed by atoms with Crippen LogP contribution in [0.3, 0.4) is 0 Å². The van der Waals surface area contributed by atoms with Crippen LogP contribution in [0.1, 0.15) is 0 Å². The van der Waals surface area contributed by atoms with Gasteiger partial charge in [-0.25, -0.2) is 22.3 Å². The van der Waals surface area contributed by atoms with Gasteiger partial charge in [0.25, 0.3) is 15.6 Å². The highest BCUT2D eigenvalue weighted by Gasteiger charge is 2.16. The van der Waals surface area contributed by atoms with E-state index in [0.717, 1.165) is 4.70 Å². The van der Waals surface area contributed by atoms with Gasteiger partial charge in [-0.2, -0.15) is 0 Å². The van der Waals surface area contributed by atoms with E-state index in [1.54, 1.807) is 18.2 Å². The maximum Gasteiger partial charge on any atom is 0.273 e. The minimum absolute atomic E-state index is 0.0444. The lowest BCUT2D eigenvalue weighted by Crippen LogP contribution is -2.15. The Morgan fingerprint density at radius 1 is 1.07 bits per heavy atom. The number of hydrogen-bond donors (Lipinski definition) is 1. The second kappa shape index (κ2) is 7.06. The molecule has 0 saturated carbocycles. The summed E-state index contributed by atoms with van der Waals surface area (Å²) >= 11 is 1.31. The molecule has 0 unspecified atom stereocenters. The highest BCUT2D eigenvalue weighted by atomic mass is 32.2. The lowest BCUT2D eigenvalue weighted by Gasteiger charge is -2.08. The molecule has 2 aromatic carbocycles. The monoisotopic (exact) mass is 414 g/mol. The van der Waals surface area contributed by atoms with Crippen LogP contribution in [0.25, 0.3) is 15.8 Å². The van der Waals surface area contributed by atoms with Crippen molar-refractivity contribution in [2.75, 3.05) is 11.8 Å². The van der Waals surface area contributed by atoms with Gasteiger partial charge in [-0.05, 0) is 36.4 Å². The smallest absolute Gasteiger partial charge is 0.273 e. The van der Waals surface area contributed by atoms with Crippen molar-refractivity contribution < 1.29 is 13.2 Å². The Labute approximate surface area is 164 Å². The Balaban J connectivity index is 1.65. The van der Waals surface area contributed by atoms with E-state index in [-0.39, 0.29) is 22.2 Å². The molecule has 0 saturated heterocycles. The maximum absolute atomic E-state index is 12.6. The van der Waals surface area contributed by atoms with Crippen molar-refractivity contribution >= 4 is 37.5 Å². The van der Waals surface area contributed by atoms with Crippen LogP contribution in [0.2, 0.25) is 0 Å². The molecule has 0 amide bonds. The number of ether oxygens (including phenoxy) is 1. The Bertz CT molecular complexity index is 1310. The second-order valence-electron chi connectivity index (χ2n) is 5.73. The molecule has 1 N–H and O–H groups in total. The Hall–Kier alpha value is -3.24. The average Bonchev–Trinajstić information content (AvgIpc) is 3.05. The Morgan fingerprint density at radius 3 is 2.54 bits per heavy atom. The summed E-state index contributed by atoms with van der Waals surface area (Å²) in [6, 6.07) is 14.7. The summed E-state index contributed by atoms with van der Waals surface area (Å²) in [5.41, 5.74) is 0.455. The molecule has 0 atom stereocenters. The molecule has 0 fully saturated rings. The first-order valence-electron chi connectivity index (χ1n) is 8.08.